The molecule has 5 atom stereocenters. The van der Waals surface area contributed by atoms with Crippen molar-refractivity contribution < 1.29 is 9.47 Å². The first kappa shape index (κ1) is 18.3. The molecule has 23 heavy (non-hydrogen) atoms. The molecule has 2 saturated heterocycles. The monoisotopic (exact) mass is 361 g/mol. The minimum atomic E-state index is 0.255. The third kappa shape index (κ3) is 5.00. The molecular formula is C16H31N3O2S2. The van der Waals surface area contributed by atoms with Crippen LogP contribution in [0.25, 0.3) is 0 Å². The summed E-state index contributed by atoms with van der Waals surface area (Å²) >= 11 is 4.11. The summed E-state index contributed by atoms with van der Waals surface area (Å²) in [5.41, 5.74) is 0.435. The molecule has 0 spiro atoms. The maximum Gasteiger partial charge on any atom is 0.105 e. The minimum absolute atomic E-state index is 0.255. The van der Waals surface area contributed by atoms with Crippen LogP contribution in [0.5, 0.6) is 0 Å². The maximum absolute atomic E-state index is 5.66. The topological polar surface area (TPSA) is 54.5 Å². The molecule has 3 aliphatic rings. The fraction of sp³-hybridized carbons (Fsp3) is 1.00. The molecule has 5 nitrogen and oxygen atoms in total. The normalized spacial score (nSPS) is 39.7. The summed E-state index contributed by atoms with van der Waals surface area (Å²) in [4.78, 5) is 0. The van der Waals surface area contributed by atoms with Crippen LogP contribution in [0.2, 0.25) is 0 Å². The molecule has 0 aromatic carbocycles. The van der Waals surface area contributed by atoms with Gasteiger partial charge >= 0.3 is 0 Å². The van der Waals surface area contributed by atoms with Crippen molar-refractivity contribution in [3.05, 3.63) is 0 Å². The van der Waals surface area contributed by atoms with Crippen LogP contribution >= 0.6 is 23.5 Å². The molecule has 134 valence electrons. The van der Waals surface area contributed by atoms with Gasteiger partial charge in [-0.1, -0.05) is 0 Å². The molecule has 2 heterocycles. The Kier molecular flexibility index (Phi) is 7.37. The number of hydrogen-bond donors (Lipinski definition) is 3. The average molecular weight is 362 g/mol. The Morgan fingerprint density at radius 1 is 1.09 bits per heavy atom. The lowest BCUT2D eigenvalue weighted by molar-refractivity contribution is -0.0710. The van der Waals surface area contributed by atoms with Gasteiger partial charge in [0.1, 0.15) is 5.50 Å². The van der Waals surface area contributed by atoms with Crippen LogP contribution in [0, 0.1) is 5.92 Å². The van der Waals surface area contributed by atoms with Gasteiger partial charge in [-0.15, -0.1) is 23.5 Å². The molecule has 1 aliphatic carbocycles. The van der Waals surface area contributed by atoms with Crippen LogP contribution in [0.1, 0.15) is 25.7 Å². The second-order valence-corrected chi connectivity index (χ2v) is 9.03. The van der Waals surface area contributed by atoms with E-state index in [2.05, 4.69) is 27.7 Å². The van der Waals surface area contributed by atoms with Crippen molar-refractivity contribution in [3.8, 4) is 0 Å². The van der Waals surface area contributed by atoms with E-state index < -0.39 is 0 Å². The van der Waals surface area contributed by atoms with Crippen molar-refractivity contribution in [2.45, 2.75) is 54.8 Å². The lowest BCUT2D eigenvalue weighted by atomic mass is 9.84. The van der Waals surface area contributed by atoms with Gasteiger partial charge in [0.2, 0.25) is 0 Å². The van der Waals surface area contributed by atoms with E-state index in [-0.39, 0.29) is 12.2 Å². The maximum atomic E-state index is 5.66. The number of ether oxygens (including phenoxy) is 2. The minimum Gasteiger partial charge on any atom is -0.379 e. The first-order valence-electron chi connectivity index (χ1n) is 8.81. The summed E-state index contributed by atoms with van der Waals surface area (Å²) in [7, 11) is 3.62. The highest BCUT2D eigenvalue weighted by atomic mass is 32.2. The second-order valence-electron chi connectivity index (χ2n) is 6.71. The number of thioether (sulfide) groups is 2. The van der Waals surface area contributed by atoms with E-state index in [0.29, 0.717) is 22.8 Å². The molecule has 0 aromatic heterocycles. The summed E-state index contributed by atoms with van der Waals surface area (Å²) in [6.07, 6.45) is 5.25. The first-order valence-corrected chi connectivity index (χ1v) is 10.9. The number of hydrogen-bond acceptors (Lipinski definition) is 7. The largest absolute Gasteiger partial charge is 0.379 e. The van der Waals surface area contributed by atoms with Crippen molar-refractivity contribution >= 4 is 23.5 Å². The molecule has 3 N–H and O–H groups in total. The molecule has 0 aromatic rings. The Balaban J connectivity index is 1.40. The lowest BCUT2D eigenvalue weighted by Gasteiger charge is -2.36. The van der Waals surface area contributed by atoms with Crippen LogP contribution in [-0.4, -0.2) is 67.9 Å². The van der Waals surface area contributed by atoms with Crippen LogP contribution in [0.4, 0.5) is 0 Å². The zero-order valence-electron chi connectivity index (χ0n) is 14.3. The Morgan fingerprint density at radius 2 is 1.87 bits per heavy atom. The SMILES string of the molecule is COC1CCC(C2NC(CSC3NCCCN3)CS2)CC1OC. The molecule has 0 radical (unpaired) electrons. The molecule has 7 heteroatoms. The van der Waals surface area contributed by atoms with E-state index >= 15 is 0 Å². The van der Waals surface area contributed by atoms with Gasteiger partial charge in [0.05, 0.1) is 17.6 Å². The van der Waals surface area contributed by atoms with Gasteiger partial charge in [0.15, 0.2) is 0 Å². The summed E-state index contributed by atoms with van der Waals surface area (Å²) in [5, 5.41) is 11.5. The third-order valence-corrected chi connectivity index (χ3v) is 7.90. The van der Waals surface area contributed by atoms with Gasteiger partial charge in [0.25, 0.3) is 0 Å². The molecule has 3 fully saturated rings. The van der Waals surface area contributed by atoms with Crippen molar-refractivity contribution in [1.29, 1.82) is 0 Å². The van der Waals surface area contributed by atoms with Gasteiger partial charge in [-0.2, -0.15) is 0 Å². The van der Waals surface area contributed by atoms with E-state index in [4.69, 9.17) is 9.47 Å². The third-order valence-electron chi connectivity index (χ3n) is 5.16. The fourth-order valence-electron chi connectivity index (χ4n) is 3.80. The standard InChI is InChI=1S/C16H31N3O2S2/c1-20-13-5-4-11(8-14(13)21-2)15-19-12(9-22-15)10-23-16-17-6-3-7-18-16/h11-19H,3-10H2,1-2H3. The summed E-state index contributed by atoms with van der Waals surface area (Å²) < 4.78 is 11.2. The molecule has 0 bridgehead atoms. The molecule has 5 unspecified atom stereocenters. The lowest BCUT2D eigenvalue weighted by Crippen LogP contribution is -2.47. The second kappa shape index (κ2) is 9.27. The molecule has 1 saturated carbocycles. The van der Waals surface area contributed by atoms with Crippen LogP contribution < -0.4 is 16.0 Å². The van der Waals surface area contributed by atoms with Crippen molar-refractivity contribution in [2.24, 2.45) is 5.92 Å². The molecule has 0 amide bonds. The first-order chi connectivity index (χ1) is 11.3. The zero-order valence-corrected chi connectivity index (χ0v) is 15.9. The smallest absolute Gasteiger partial charge is 0.105 e. The zero-order chi connectivity index (χ0) is 16.1. The Morgan fingerprint density at radius 3 is 2.61 bits per heavy atom. The summed E-state index contributed by atoms with van der Waals surface area (Å²) in [5.74, 6) is 3.11. The average Bonchev–Trinajstić information content (AvgIpc) is 3.09. The molecular weight excluding hydrogens is 330 g/mol. The number of rotatable bonds is 6. The molecule has 2 aliphatic heterocycles. The van der Waals surface area contributed by atoms with Crippen LogP contribution in [-0.2, 0) is 9.47 Å². The van der Waals surface area contributed by atoms with E-state index in [0.717, 1.165) is 25.9 Å². The highest BCUT2D eigenvalue weighted by molar-refractivity contribution is 8.01. The van der Waals surface area contributed by atoms with Crippen molar-refractivity contribution in [2.75, 3.05) is 38.8 Å². The van der Waals surface area contributed by atoms with Crippen molar-refractivity contribution in [3.63, 3.8) is 0 Å². The van der Waals surface area contributed by atoms with E-state index in [1.807, 2.05) is 18.9 Å². The van der Waals surface area contributed by atoms with E-state index in [1.165, 1.54) is 24.3 Å². The van der Waals surface area contributed by atoms with Crippen molar-refractivity contribution in [1.82, 2.24) is 16.0 Å². The summed E-state index contributed by atoms with van der Waals surface area (Å²) in [6, 6.07) is 0.627. The Hall–Kier alpha value is 0.500. The predicted octanol–water partition coefficient (Wildman–Crippen LogP) is 1.45. The quantitative estimate of drug-likeness (QED) is 0.662. The van der Waals surface area contributed by atoms with Crippen LogP contribution in [0.15, 0.2) is 0 Å². The Bertz CT molecular complexity index is 358. The van der Waals surface area contributed by atoms with Gasteiger partial charge in [-0.05, 0) is 44.7 Å². The van der Waals surface area contributed by atoms with Gasteiger partial charge in [-0.3, -0.25) is 10.6 Å². The van der Waals surface area contributed by atoms with Gasteiger partial charge < -0.3 is 14.8 Å². The number of nitrogens with one attached hydrogen (secondary N) is 3. The van der Waals surface area contributed by atoms with E-state index in [9.17, 15) is 0 Å². The molecule has 3 rings (SSSR count). The van der Waals surface area contributed by atoms with Gasteiger partial charge in [0, 0.05) is 31.8 Å². The van der Waals surface area contributed by atoms with E-state index in [1.54, 1.807) is 7.11 Å². The number of methoxy groups -OCH3 is 2. The van der Waals surface area contributed by atoms with Gasteiger partial charge in [-0.25, -0.2) is 0 Å². The Labute approximate surface area is 148 Å². The summed E-state index contributed by atoms with van der Waals surface area (Å²) in [6.45, 7) is 2.28. The highest BCUT2D eigenvalue weighted by Crippen LogP contribution is 2.37. The fourth-order valence-corrected chi connectivity index (χ4v) is 6.52. The predicted molar refractivity (Wildman–Crippen MR) is 99.0 cm³/mol. The highest BCUT2D eigenvalue weighted by Gasteiger charge is 2.38. The van der Waals surface area contributed by atoms with Crippen LogP contribution in [0.3, 0.4) is 0 Å².